The van der Waals surface area contributed by atoms with Crippen LogP contribution in [0.25, 0.3) is 0 Å². The number of carboxylic acids is 1. The first-order valence-corrected chi connectivity index (χ1v) is 6.34. The fraction of sp³-hybridized carbons (Fsp3) is 0.429. The zero-order valence-corrected chi connectivity index (χ0v) is 11.1. The van der Waals surface area contributed by atoms with Gasteiger partial charge in [0.15, 0.2) is 0 Å². The first-order chi connectivity index (χ1) is 8.99. The Kier molecular flexibility index (Phi) is 3.85. The number of carbonyl (C=O) groups excluding carboxylic acids is 1. The van der Waals surface area contributed by atoms with Crippen molar-refractivity contribution < 1.29 is 14.7 Å². The van der Waals surface area contributed by atoms with Crippen molar-refractivity contribution in [2.75, 3.05) is 18.4 Å². The van der Waals surface area contributed by atoms with Crippen LogP contribution in [-0.2, 0) is 4.79 Å². The predicted molar refractivity (Wildman–Crippen MR) is 72.3 cm³/mol. The van der Waals surface area contributed by atoms with E-state index in [2.05, 4.69) is 10.6 Å². The molecule has 0 spiro atoms. The van der Waals surface area contributed by atoms with Crippen molar-refractivity contribution in [1.82, 2.24) is 5.32 Å². The van der Waals surface area contributed by atoms with Crippen molar-refractivity contribution in [1.29, 1.82) is 0 Å². The van der Waals surface area contributed by atoms with Crippen LogP contribution in [0.5, 0.6) is 0 Å². The Bertz CT molecular complexity index is 513. The van der Waals surface area contributed by atoms with Crippen LogP contribution in [0.15, 0.2) is 18.2 Å². The van der Waals surface area contributed by atoms with Crippen molar-refractivity contribution in [3.05, 3.63) is 29.3 Å². The molecule has 2 atom stereocenters. The molecule has 1 aromatic rings. The molecule has 102 valence electrons. The summed E-state index contributed by atoms with van der Waals surface area (Å²) >= 11 is 0. The molecule has 0 bridgehead atoms. The van der Waals surface area contributed by atoms with Crippen LogP contribution in [0.1, 0.15) is 22.8 Å². The van der Waals surface area contributed by atoms with Gasteiger partial charge < -0.3 is 15.7 Å². The number of nitrogens with one attached hydrogen (secondary N) is 2. The number of carbonyl (C=O) groups is 2. The van der Waals surface area contributed by atoms with E-state index in [1.54, 1.807) is 19.1 Å². The smallest absolute Gasteiger partial charge is 0.335 e. The topological polar surface area (TPSA) is 78.4 Å². The summed E-state index contributed by atoms with van der Waals surface area (Å²) in [6.45, 7) is 5.32. The second-order valence-corrected chi connectivity index (χ2v) is 5.07. The zero-order valence-electron chi connectivity index (χ0n) is 11.1. The lowest BCUT2D eigenvalue weighted by atomic mass is 9.97. The quantitative estimate of drug-likeness (QED) is 0.771. The number of carboxylic acid groups (broad SMARTS) is 1. The maximum atomic E-state index is 12.1. The molecule has 1 aliphatic rings. The molecule has 0 saturated carbocycles. The molecule has 19 heavy (non-hydrogen) atoms. The van der Waals surface area contributed by atoms with Crippen LogP contribution in [0, 0.1) is 18.8 Å². The lowest BCUT2D eigenvalue weighted by molar-refractivity contribution is -0.120. The molecule has 1 saturated heterocycles. The van der Waals surface area contributed by atoms with Crippen LogP contribution in [0.3, 0.4) is 0 Å². The standard InChI is InChI=1S/C14H18N2O3/c1-8-5-10(3-4-11(8)14(18)19)16-13(17)12-7-15-6-9(12)2/h3-5,9,12,15H,6-7H2,1-2H3,(H,16,17)(H,18,19)/t9-,12-/m1/s1. The molecule has 3 N–H and O–H groups in total. The number of amides is 1. The number of rotatable bonds is 3. The summed E-state index contributed by atoms with van der Waals surface area (Å²) in [6, 6.07) is 4.83. The summed E-state index contributed by atoms with van der Waals surface area (Å²) in [5.74, 6) is -0.678. The number of hydrogen-bond donors (Lipinski definition) is 3. The molecule has 0 aliphatic carbocycles. The SMILES string of the molecule is Cc1cc(NC(=O)[C@@H]2CNC[C@H]2C)ccc1C(=O)O. The van der Waals surface area contributed by atoms with Crippen LogP contribution in [0.2, 0.25) is 0 Å². The summed E-state index contributed by atoms with van der Waals surface area (Å²) < 4.78 is 0. The van der Waals surface area contributed by atoms with E-state index in [4.69, 9.17) is 5.11 Å². The minimum atomic E-state index is -0.955. The number of hydrogen-bond acceptors (Lipinski definition) is 3. The van der Waals surface area contributed by atoms with Gasteiger partial charge in [0.2, 0.25) is 5.91 Å². The predicted octanol–water partition coefficient (Wildman–Crippen LogP) is 1.49. The molecule has 5 nitrogen and oxygen atoms in total. The molecule has 1 aromatic carbocycles. The van der Waals surface area contributed by atoms with E-state index in [-0.39, 0.29) is 17.4 Å². The van der Waals surface area contributed by atoms with Gasteiger partial charge in [-0.05, 0) is 43.1 Å². The van der Waals surface area contributed by atoms with Crippen LogP contribution < -0.4 is 10.6 Å². The second-order valence-electron chi connectivity index (χ2n) is 5.07. The Morgan fingerprint density at radius 3 is 2.63 bits per heavy atom. The number of aryl methyl sites for hydroxylation is 1. The maximum Gasteiger partial charge on any atom is 0.335 e. The summed E-state index contributed by atoms with van der Waals surface area (Å²) in [6.07, 6.45) is 0. The molecule has 0 aromatic heterocycles. The zero-order chi connectivity index (χ0) is 14.0. The Morgan fingerprint density at radius 2 is 2.11 bits per heavy atom. The maximum absolute atomic E-state index is 12.1. The normalized spacial score (nSPS) is 22.2. The van der Waals surface area contributed by atoms with E-state index in [1.165, 1.54) is 6.07 Å². The molecule has 0 unspecified atom stereocenters. The summed E-state index contributed by atoms with van der Waals surface area (Å²) in [7, 11) is 0. The van der Waals surface area contributed by atoms with Crippen molar-refractivity contribution in [3.63, 3.8) is 0 Å². The Labute approximate surface area is 112 Å². The van der Waals surface area contributed by atoms with Crippen molar-refractivity contribution in [2.24, 2.45) is 11.8 Å². The minimum absolute atomic E-state index is 0.0139. The molecule has 1 heterocycles. The molecular formula is C14H18N2O3. The van der Waals surface area contributed by atoms with E-state index in [0.29, 0.717) is 23.7 Å². The Morgan fingerprint density at radius 1 is 1.37 bits per heavy atom. The van der Waals surface area contributed by atoms with Gasteiger partial charge in [-0.25, -0.2) is 4.79 Å². The highest BCUT2D eigenvalue weighted by Gasteiger charge is 2.29. The number of aromatic carboxylic acids is 1. The van der Waals surface area contributed by atoms with E-state index < -0.39 is 5.97 Å². The van der Waals surface area contributed by atoms with Gasteiger partial charge in [0.05, 0.1) is 11.5 Å². The van der Waals surface area contributed by atoms with Crippen LogP contribution in [-0.4, -0.2) is 30.1 Å². The van der Waals surface area contributed by atoms with E-state index >= 15 is 0 Å². The highest BCUT2D eigenvalue weighted by Crippen LogP contribution is 2.20. The van der Waals surface area contributed by atoms with Gasteiger partial charge in [0, 0.05) is 12.2 Å². The highest BCUT2D eigenvalue weighted by atomic mass is 16.4. The van der Waals surface area contributed by atoms with Gasteiger partial charge in [-0.15, -0.1) is 0 Å². The Hall–Kier alpha value is -1.88. The molecule has 1 aliphatic heterocycles. The van der Waals surface area contributed by atoms with Gasteiger partial charge in [0.1, 0.15) is 0 Å². The van der Waals surface area contributed by atoms with Crippen molar-refractivity contribution >= 4 is 17.6 Å². The summed E-state index contributed by atoms with van der Waals surface area (Å²) in [4.78, 5) is 23.0. The minimum Gasteiger partial charge on any atom is -0.478 e. The fourth-order valence-electron chi connectivity index (χ4n) is 2.38. The van der Waals surface area contributed by atoms with Gasteiger partial charge >= 0.3 is 5.97 Å². The van der Waals surface area contributed by atoms with Crippen molar-refractivity contribution in [2.45, 2.75) is 13.8 Å². The van der Waals surface area contributed by atoms with E-state index in [1.807, 2.05) is 6.92 Å². The summed E-state index contributed by atoms with van der Waals surface area (Å²) in [5, 5.41) is 15.0. The fourth-order valence-corrected chi connectivity index (χ4v) is 2.38. The van der Waals surface area contributed by atoms with Gasteiger partial charge in [-0.1, -0.05) is 6.92 Å². The number of anilines is 1. The Balaban J connectivity index is 2.09. The molecule has 0 radical (unpaired) electrons. The molecule has 1 fully saturated rings. The summed E-state index contributed by atoms with van der Waals surface area (Å²) in [5.41, 5.74) is 1.54. The van der Waals surface area contributed by atoms with Gasteiger partial charge in [-0.3, -0.25) is 4.79 Å². The third-order valence-electron chi connectivity index (χ3n) is 3.58. The van der Waals surface area contributed by atoms with Crippen molar-refractivity contribution in [3.8, 4) is 0 Å². The van der Waals surface area contributed by atoms with Gasteiger partial charge in [-0.2, -0.15) is 0 Å². The van der Waals surface area contributed by atoms with Gasteiger partial charge in [0.25, 0.3) is 0 Å². The largest absolute Gasteiger partial charge is 0.478 e. The molecule has 1 amide bonds. The lowest BCUT2D eigenvalue weighted by Crippen LogP contribution is -2.27. The van der Waals surface area contributed by atoms with Crippen LogP contribution in [0.4, 0.5) is 5.69 Å². The molecule has 5 heteroatoms. The average molecular weight is 262 g/mol. The van der Waals surface area contributed by atoms with Crippen LogP contribution >= 0.6 is 0 Å². The molecule has 2 rings (SSSR count). The number of benzene rings is 1. The first kappa shape index (κ1) is 13.5. The lowest BCUT2D eigenvalue weighted by Gasteiger charge is -2.14. The first-order valence-electron chi connectivity index (χ1n) is 6.34. The highest BCUT2D eigenvalue weighted by molar-refractivity contribution is 5.95. The van der Waals surface area contributed by atoms with E-state index in [9.17, 15) is 9.59 Å². The third kappa shape index (κ3) is 2.93. The third-order valence-corrected chi connectivity index (χ3v) is 3.58. The second kappa shape index (κ2) is 5.40. The van der Waals surface area contributed by atoms with E-state index in [0.717, 1.165) is 6.54 Å². The monoisotopic (exact) mass is 262 g/mol. The average Bonchev–Trinajstić information content (AvgIpc) is 2.75. The molecular weight excluding hydrogens is 244 g/mol.